The monoisotopic (exact) mass is 314 g/mol. The number of hydrogen-bond donors (Lipinski definition) is 2. The first kappa shape index (κ1) is 14.9. The molecule has 0 heterocycles. The van der Waals surface area contributed by atoms with Crippen molar-refractivity contribution in [3.63, 3.8) is 0 Å². The lowest BCUT2D eigenvalue weighted by Crippen LogP contribution is -2.12. The lowest BCUT2D eigenvalue weighted by molar-refractivity contribution is -0.146. The van der Waals surface area contributed by atoms with Crippen LogP contribution in [0.4, 0.5) is 0 Å². The van der Waals surface area contributed by atoms with Crippen LogP contribution in [0.15, 0.2) is 18.2 Å². The fraction of sp³-hybridized carbons (Fsp3) is 0.385. The van der Waals surface area contributed by atoms with E-state index < -0.39 is 12.1 Å². The molecule has 5 heteroatoms. The molecular formula is C13H15BrO4. The fourth-order valence-electron chi connectivity index (χ4n) is 1.61. The normalized spacial score (nSPS) is 12.2. The van der Waals surface area contributed by atoms with E-state index in [1.165, 1.54) is 6.07 Å². The summed E-state index contributed by atoms with van der Waals surface area (Å²) in [6, 6.07) is 4.80. The Hall–Kier alpha value is -1.20. The summed E-state index contributed by atoms with van der Waals surface area (Å²) in [5, 5.41) is 18.9. The Balaban J connectivity index is 3.16. The minimum atomic E-state index is -1.59. The van der Waals surface area contributed by atoms with Crippen molar-refractivity contribution in [2.45, 2.75) is 25.9 Å². The average Bonchev–Trinajstić information content (AvgIpc) is 2.37. The zero-order valence-corrected chi connectivity index (χ0v) is 11.6. The number of rotatable bonds is 6. The molecule has 1 rings (SSSR count). The number of carbonyl (C=O) groups excluding carboxylic acids is 1. The van der Waals surface area contributed by atoms with Crippen LogP contribution in [0, 0.1) is 0 Å². The van der Waals surface area contributed by atoms with Gasteiger partial charge in [0.15, 0.2) is 11.9 Å². The molecule has 1 atom stereocenters. The van der Waals surface area contributed by atoms with E-state index in [1.807, 2.05) is 6.92 Å². The van der Waals surface area contributed by atoms with Crippen molar-refractivity contribution in [1.29, 1.82) is 0 Å². The van der Waals surface area contributed by atoms with Gasteiger partial charge >= 0.3 is 5.97 Å². The van der Waals surface area contributed by atoms with Gasteiger partial charge in [-0.2, -0.15) is 0 Å². The summed E-state index contributed by atoms with van der Waals surface area (Å²) in [6.07, 6.45) is -0.572. The van der Waals surface area contributed by atoms with E-state index in [2.05, 4.69) is 15.9 Å². The zero-order valence-electron chi connectivity index (χ0n) is 10.0. The number of carbonyl (C=O) groups is 2. The standard InChI is InChI=1S/C13H15BrO4/c1-2-8-5-9(11(15)3-4-14)7-10(6-8)12(16)13(17)18/h5-7,12,16H,2-4H2,1H3,(H,17,18). The van der Waals surface area contributed by atoms with Gasteiger partial charge in [0, 0.05) is 17.3 Å². The molecule has 0 aromatic heterocycles. The van der Waals surface area contributed by atoms with E-state index in [-0.39, 0.29) is 11.3 Å². The maximum Gasteiger partial charge on any atom is 0.337 e. The van der Waals surface area contributed by atoms with E-state index in [1.54, 1.807) is 12.1 Å². The van der Waals surface area contributed by atoms with Gasteiger partial charge in [0.25, 0.3) is 0 Å². The number of benzene rings is 1. The number of ketones is 1. The summed E-state index contributed by atoms with van der Waals surface area (Å²) in [5.74, 6) is -1.39. The Bertz CT molecular complexity index is 456. The third-order valence-electron chi connectivity index (χ3n) is 2.62. The molecule has 0 saturated carbocycles. The second kappa shape index (κ2) is 6.66. The van der Waals surface area contributed by atoms with Crippen LogP contribution in [-0.4, -0.2) is 27.3 Å². The molecule has 1 aromatic rings. The van der Waals surface area contributed by atoms with Gasteiger partial charge in [0.2, 0.25) is 0 Å². The Morgan fingerprint density at radius 3 is 2.50 bits per heavy atom. The first-order valence-electron chi connectivity index (χ1n) is 5.63. The average molecular weight is 315 g/mol. The zero-order chi connectivity index (χ0) is 13.7. The van der Waals surface area contributed by atoms with Gasteiger partial charge in [-0.15, -0.1) is 0 Å². The molecule has 1 unspecified atom stereocenters. The third kappa shape index (κ3) is 3.65. The minimum absolute atomic E-state index is 0.0685. The molecule has 98 valence electrons. The van der Waals surface area contributed by atoms with Gasteiger partial charge < -0.3 is 10.2 Å². The summed E-state index contributed by atoms with van der Waals surface area (Å²) in [6.45, 7) is 1.91. The number of alkyl halides is 1. The lowest BCUT2D eigenvalue weighted by Gasteiger charge is -2.10. The molecule has 0 bridgehead atoms. The molecule has 4 nitrogen and oxygen atoms in total. The number of carboxylic acids is 1. The number of aliphatic hydroxyl groups excluding tert-OH is 1. The van der Waals surface area contributed by atoms with E-state index in [0.717, 1.165) is 5.56 Å². The molecule has 0 amide bonds. The summed E-state index contributed by atoms with van der Waals surface area (Å²) >= 11 is 3.19. The number of aliphatic carboxylic acids is 1. The van der Waals surface area contributed by atoms with E-state index in [4.69, 9.17) is 5.11 Å². The molecule has 18 heavy (non-hydrogen) atoms. The molecule has 1 aromatic carbocycles. The van der Waals surface area contributed by atoms with Crippen LogP contribution in [-0.2, 0) is 11.2 Å². The van der Waals surface area contributed by atoms with Crippen LogP contribution in [0.3, 0.4) is 0 Å². The Morgan fingerprint density at radius 1 is 1.33 bits per heavy atom. The molecule has 0 aliphatic rings. The second-order valence-electron chi connectivity index (χ2n) is 3.92. The van der Waals surface area contributed by atoms with Crippen LogP contribution in [0.2, 0.25) is 0 Å². The first-order valence-corrected chi connectivity index (χ1v) is 6.75. The van der Waals surface area contributed by atoms with Crippen molar-refractivity contribution >= 4 is 27.7 Å². The maximum atomic E-state index is 11.8. The number of aryl methyl sites for hydroxylation is 1. The smallest absolute Gasteiger partial charge is 0.337 e. The highest BCUT2D eigenvalue weighted by Gasteiger charge is 2.18. The highest BCUT2D eigenvalue weighted by atomic mass is 79.9. The van der Waals surface area contributed by atoms with Crippen molar-refractivity contribution in [2.24, 2.45) is 0 Å². The van der Waals surface area contributed by atoms with Gasteiger partial charge in [-0.1, -0.05) is 28.9 Å². The molecule has 2 N–H and O–H groups in total. The number of halogens is 1. The van der Waals surface area contributed by atoms with Gasteiger partial charge in [-0.3, -0.25) is 4.79 Å². The Labute approximate surface area is 114 Å². The first-order chi connectivity index (χ1) is 8.49. The van der Waals surface area contributed by atoms with Crippen molar-refractivity contribution in [3.8, 4) is 0 Å². The van der Waals surface area contributed by atoms with Gasteiger partial charge in [0.05, 0.1) is 0 Å². The van der Waals surface area contributed by atoms with E-state index in [9.17, 15) is 14.7 Å². The van der Waals surface area contributed by atoms with Crippen LogP contribution in [0.25, 0.3) is 0 Å². The van der Waals surface area contributed by atoms with Crippen LogP contribution < -0.4 is 0 Å². The highest BCUT2D eigenvalue weighted by Crippen LogP contribution is 2.19. The van der Waals surface area contributed by atoms with E-state index >= 15 is 0 Å². The molecule has 0 fully saturated rings. The Morgan fingerprint density at radius 2 is 2.00 bits per heavy atom. The topological polar surface area (TPSA) is 74.6 Å². The summed E-state index contributed by atoms with van der Waals surface area (Å²) < 4.78 is 0. The third-order valence-corrected chi connectivity index (χ3v) is 3.01. The summed E-state index contributed by atoms with van der Waals surface area (Å²) in [4.78, 5) is 22.6. The molecule has 0 saturated heterocycles. The number of aliphatic hydroxyl groups is 1. The van der Waals surface area contributed by atoms with E-state index in [0.29, 0.717) is 23.7 Å². The van der Waals surface area contributed by atoms with Crippen molar-refractivity contribution in [2.75, 3.05) is 5.33 Å². The highest BCUT2D eigenvalue weighted by molar-refractivity contribution is 9.09. The number of hydrogen-bond acceptors (Lipinski definition) is 3. The van der Waals surface area contributed by atoms with Crippen LogP contribution in [0.1, 0.15) is 40.9 Å². The predicted molar refractivity (Wildman–Crippen MR) is 71.2 cm³/mol. The van der Waals surface area contributed by atoms with Crippen molar-refractivity contribution in [1.82, 2.24) is 0 Å². The van der Waals surface area contributed by atoms with Gasteiger partial charge in [0.1, 0.15) is 0 Å². The van der Waals surface area contributed by atoms with Crippen molar-refractivity contribution in [3.05, 3.63) is 34.9 Å². The lowest BCUT2D eigenvalue weighted by atomic mass is 9.98. The minimum Gasteiger partial charge on any atom is -0.479 e. The van der Waals surface area contributed by atoms with Crippen LogP contribution in [0.5, 0.6) is 0 Å². The molecule has 0 aliphatic carbocycles. The number of carboxylic acid groups (broad SMARTS) is 1. The van der Waals surface area contributed by atoms with Gasteiger partial charge in [-0.05, 0) is 29.7 Å². The Kier molecular flexibility index (Phi) is 5.50. The summed E-state index contributed by atoms with van der Waals surface area (Å²) in [5.41, 5.74) is 1.54. The van der Waals surface area contributed by atoms with Crippen molar-refractivity contribution < 1.29 is 19.8 Å². The number of Topliss-reactive ketones (excluding diaryl/α,β-unsaturated/α-hetero) is 1. The predicted octanol–water partition coefficient (Wildman–Crippen LogP) is 2.33. The quantitative estimate of drug-likeness (QED) is 0.624. The SMILES string of the molecule is CCc1cc(C(=O)CCBr)cc(C(O)C(=O)O)c1. The van der Waals surface area contributed by atoms with Gasteiger partial charge in [-0.25, -0.2) is 4.79 Å². The summed E-state index contributed by atoms with van der Waals surface area (Å²) in [7, 11) is 0. The molecular weight excluding hydrogens is 300 g/mol. The molecule has 0 aliphatic heterocycles. The fourth-order valence-corrected chi connectivity index (χ4v) is 1.97. The van der Waals surface area contributed by atoms with Crippen LogP contribution >= 0.6 is 15.9 Å². The second-order valence-corrected chi connectivity index (χ2v) is 4.71. The largest absolute Gasteiger partial charge is 0.479 e. The molecule has 0 spiro atoms. The molecule has 0 radical (unpaired) electrons. The maximum absolute atomic E-state index is 11.8.